The monoisotopic (exact) mass is 399 g/mol. The average Bonchev–Trinajstić information content (AvgIpc) is 3.34. The highest BCUT2D eigenvalue weighted by Gasteiger charge is 2.36. The van der Waals surface area contributed by atoms with E-state index in [4.69, 9.17) is 4.74 Å². The van der Waals surface area contributed by atoms with E-state index in [1.54, 1.807) is 6.07 Å². The Kier molecular flexibility index (Phi) is 5.98. The van der Waals surface area contributed by atoms with Crippen LogP contribution in [0.5, 0.6) is 5.75 Å². The summed E-state index contributed by atoms with van der Waals surface area (Å²) in [7, 11) is 0. The Morgan fingerprint density at radius 2 is 2.00 bits per heavy atom. The zero-order chi connectivity index (χ0) is 20.5. The fourth-order valence-electron chi connectivity index (χ4n) is 5.03. The van der Waals surface area contributed by atoms with Crippen LogP contribution in [0.3, 0.4) is 0 Å². The molecule has 3 aliphatic rings. The smallest absolute Gasteiger partial charge is 0.257 e. The van der Waals surface area contributed by atoms with E-state index in [0.29, 0.717) is 24.2 Å². The molecule has 2 fully saturated rings. The molecule has 2 aliphatic carbocycles. The van der Waals surface area contributed by atoms with Gasteiger partial charge in [0.05, 0.1) is 5.56 Å². The van der Waals surface area contributed by atoms with Crippen molar-refractivity contribution in [2.24, 2.45) is 11.8 Å². The Morgan fingerprint density at radius 1 is 1.21 bits per heavy atom. The van der Waals surface area contributed by atoms with Gasteiger partial charge in [-0.25, -0.2) is 4.39 Å². The van der Waals surface area contributed by atoms with E-state index in [-0.39, 0.29) is 17.5 Å². The second kappa shape index (κ2) is 8.49. The molecular weight excluding hydrogens is 365 g/mol. The van der Waals surface area contributed by atoms with Gasteiger partial charge in [0.25, 0.3) is 5.91 Å². The summed E-state index contributed by atoms with van der Waals surface area (Å²) in [6, 6.07) is 3.42. The first-order valence-electron chi connectivity index (χ1n) is 11.5. The van der Waals surface area contributed by atoms with Crippen molar-refractivity contribution in [3.63, 3.8) is 0 Å². The molecule has 1 amide bonds. The van der Waals surface area contributed by atoms with Gasteiger partial charge in [-0.3, -0.25) is 4.79 Å². The van der Waals surface area contributed by atoms with Crippen molar-refractivity contribution in [2.45, 2.75) is 77.7 Å². The molecule has 3 atom stereocenters. The van der Waals surface area contributed by atoms with E-state index in [2.05, 4.69) is 26.8 Å². The van der Waals surface area contributed by atoms with Gasteiger partial charge in [-0.1, -0.05) is 32.8 Å². The molecule has 1 heterocycles. The zero-order valence-electron chi connectivity index (χ0n) is 18.0. The molecule has 3 nitrogen and oxygen atoms in total. The van der Waals surface area contributed by atoms with Crippen LogP contribution < -0.4 is 4.74 Å². The minimum absolute atomic E-state index is 0.163. The molecule has 1 saturated heterocycles. The summed E-state index contributed by atoms with van der Waals surface area (Å²) in [5.74, 6) is 1.65. The average molecular weight is 400 g/mol. The van der Waals surface area contributed by atoms with Crippen molar-refractivity contribution in [1.29, 1.82) is 0 Å². The highest BCUT2D eigenvalue weighted by molar-refractivity contribution is 5.95. The minimum atomic E-state index is -0.451. The van der Waals surface area contributed by atoms with Gasteiger partial charge < -0.3 is 9.64 Å². The fourth-order valence-corrected chi connectivity index (χ4v) is 5.03. The van der Waals surface area contributed by atoms with Crippen LogP contribution in [0, 0.1) is 17.7 Å². The van der Waals surface area contributed by atoms with Crippen molar-refractivity contribution in [2.75, 3.05) is 13.2 Å². The molecule has 1 saturated carbocycles. The zero-order valence-corrected chi connectivity index (χ0v) is 18.0. The Labute approximate surface area is 174 Å². The molecule has 158 valence electrons. The summed E-state index contributed by atoms with van der Waals surface area (Å²) in [6.07, 6.45) is 9.92. The highest BCUT2D eigenvalue weighted by Crippen LogP contribution is 2.45. The SMILES string of the molecule is CCC1CC=C(COc2cc(F)c(C(=O)N3CCC(CC)[C@@H]3C)cc2C2CC2)C1. The summed E-state index contributed by atoms with van der Waals surface area (Å²) in [6.45, 7) is 7.74. The Bertz CT molecular complexity index is 798. The van der Waals surface area contributed by atoms with Crippen LogP contribution in [0.4, 0.5) is 4.39 Å². The molecule has 29 heavy (non-hydrogen) atoms. The molecule has 1 aromatic rings. The summed E-state index contributed by atoms with van der Waals surface area (Å²) in [5.41, 5.74) is 2.55. The Morgan fingerprint density at radius 3 is 2.62 bits per heavy atom. The number of amides is 1. The number of carbonyl (C=O) groups is 1. The van der Waals surface area contributed by atoms with Crippen LogP contribution in [0.25, 0.3) is 0 Å². The van der Waals surface area contributed by atoms with Crippen LogP contribution in [0.1, 0.15) is 87.6 Å². The minimum Gasteiger partial charge on any atom is -0.489 e. The number of halogens is 1. The highest BCUT2D eigenvalue weighted by atomic mass is 19.1. The van der Waals surface area contributed by atoms with Gasteiger partial charge in [0.1, 0.15) is 18.2 Å². The third kappa shape index (κ3) is 4.22. The molecular formula is C25H34FNO2. The van der Waals surface area contributed by atoms with E-state index in [1.165, 1.54) is 18.1 Å². The number of likely N-dealkylation sites (tertiary alicyclic amines) is 1. The van der Waals surface area contributed by atoms with Crippen molar-refractivity contribution < 1.29 is 13.9 Å². The third-order valence-corrected chi connectivity index (χ3v) is 7.33. The molecule has 0 N–H and O–H groups in total. The molecule has 1 aliphatic heterocycles. The van der Waals surface area contributed by atoms with Gasteiger partial charge in [0, 0.05) is 18.7 Å². The van der Waals surface area contributed by atoms with Crippen LogP contribution in [-0.2, 0) is 0 Å². The molecule has 4 rings (SSSR count). The lowest BCUT2D eigenvalue weighted by molar-refractivity contribution is 0.0726. The second-order valence-corrected chi connectivity index (χ2v) is 9.21. The van der Waals surface area contributed by atoms with Gasteiger partial charge in [-0.15, -0.1) is 0 Å². The number of rotatable bonds is 7. The molecule has 0 bridgehead atoms. The molecule has 0 radical (unpaired) electrons. The van der Waals surface area contributed by atoms with E-state index in [9.17, 15) is 9.18 Å². The van der Waals surface area contributed by atoms with Crippen molar-refractivity contribution in [3.05, 3.63) is 40.7 Å². The molecule has 0 aromatic heterocycles. The van der Waals surface area contributed by atoms with Crippen LogP contribution in [-0.4, -0.2) is 30.0 Å². The van der Waals surface area contributed by atoms with Crippen LogP contribution >= 0.6 is 0 Å². The lowest BCUT2D eigenvalue weighted by Crippen LogP contribution is -2.36. The quantitative estimate of drug-likeness (QED) is 0.519. The number of hydrogen-bond acceptors (Lipinski definition) is 2. The summed E-state index contributed by atoms with van der Waals surface area (Å²) in [4.78, 5) is 15.0. The largest absolute Gasteiger partial charge is 0.489 e. The Hall–Kier alpha value is -1.84. The predicted octanol–water partition coefficient (Wildman–Crippen LogP) is 6.09. The molecule has 4 heteroatoms. The second-order valence-electron chi connectivity index (χ2n) is 9.21. The number of nitrogens with zero attached hydrogens (tertiary/aromatic N) is 1. The molecule has 1 aromatic carbocycles. The maximum Gasteiger partial charge on any atom is 0.257 e. The first-order chi connectivity index (χ1) is 14.0. The van der Waals surface area contributed by atoms with Gasteiger partial charge >= 0.3 is 0 Å². The number of benzene rings is 1. The number of allylic oxidation sites excluding steroid dienone is 1. The summed E-state index contributed by atoms with van der Waals surface area (Å²) < 4.78 is 21.1. The van der Waals surface area contributed by atoms with E-state index in [1.807, 2.05) is 4.90 Å². The number of ether oxygens (including phenoxy) is 1. The van der Waals surface area contributed by atoms with Crippen molar-refractivity contribution >= 4 is 5.91 Å². The van der Waals surface area contributed by atoms with E-state index in [0.717, 1.165) is 56.6 Å². The maximum atomic E-state index is 15.0. The van der Waals surface area contributed by atoms with Crippen molar-refractivity contribution in [3.8, 4) is 5.75 Å². The normalized spacial score (nSPS) is 26.7. The van der Waals surface area contributed by atoms with E-state index < -0.39 is 5.82 Å². The lowest BCUT2D eigenvalue weighted by Gasteiger charge is -2.25. The third-order valence-electron chi connectivity index (χ3n) is 7.33. The predicted molar refractivity (Wildman–Crippen MR) is 114 cm³/mol. The Balaban J connectivity index is 1.52. The maximum absolute atomic E-state index is 15.0. The first-order valence-corrected chi connectivity index (χ1v) is 11.5. The topological polar surface area (TPSA) is 29.5 Å². The summed E-state index contributed by atoms with van der Waals surface area (Å²) >= 11 is 0. The van der Waals surface area contributed by atoms with Gasteiger partial charge in [0.15, 0.2) is 0 Å². The van der Waals surface area contributed by atoms with Crippen molar-refractivity contribution in [1.82, 2.24) is 4.90 Å². The first kappa shape index (κ1) is 20.4. The molecule has 2 unspecified atom stereocenters. The van der Waals surface area contributed by atoms with Gasteiger partial charge in [-0.05, 0) is 74.0 Å². The number of carbonyl (C=O) groups excluding carboxylic acids is 1. The molecule has 0 spiro atoms. The fraction of sp³-hybridized carbons (Fsp3) is 0.640. The number of hydrogen-bond donors (Lipinski definition) is 0. The van der Waals surface area contributed by atoms with E-state index >= 15 is 0 Å². The standard InChI is InChI=1S/C25H34FNO2/c1-4-17-6-7-18(12-17)15-29-24-14-23(26)22(13-21(24)20-8-9-20)25(28)27-11-10-19(5-2)16(27)3/h7,13-14,16-17,19-20H,4-6,8-12,15H2,1-3H3/t16-,17?,19?/m0/s1. The summed E-state index contributed by atoms with van der Waals surface area (Å²) in [5, 5.41) is 0. The van der Waals surface area contributed by atoms with Crippen LogP contribution in [0.2, 0.25) is 0 Å². The lowest BCUT2D eigenvalue weighted by atomic mass is 9.98. The van der Waals surface area contributed by atoms with Gasteiger partial charge in [0.2, 0.25) is 0 Å². The van der Waals surface area contributed by atoms with Gasteiger partial charge in [-0.2, -0.15) is 0 Å². The van der Waals surface area contributed by atoms with Crippen LogP contribution in [0.15, 0.2) is 23.8 Å².